The molecule has 1 aliphatic rings. The van der Waals surface area contributed by atoms with Crippen LogP contribution in [0.25, 0.3) is 0 Å². The number of likely N-dealkylation sites (tertiary alicyclic amines) is 1. The van der Waals surface area contributed by atoms with E-state index in [2.05, 4.69) is 0 Å². The summed E-state index contributed by atoms with van der Waals surface area (Å²) in [6.45, 7) is 4.73. The van der Waals surface area contributed by atoms with E-state index in [0.717, 1.165) is 6.29 Å². The molecule has 0 radical (unpaired) electrons. The van der Waals surface area contributed by atoms with Crippen molar-refractivity contribution >= 4 is 12.2 Å². The molecule has 0 bridgehead atoms. The van der Waals surface area contributed by atoms with Crippen molar-refractivity contribution in [2.45, 2.75) is 38.8 Å². The van der Waals surface area contributed by atoms with Gasteiger partial charge in [-0.1, -0.05) is 13.8 Å². The molecule has 80 valence electrons. The van der Waals surface area contributed by atoms with Crippen LogP contribution in [-0.4, -0.2) is 35.7 Å². The number of aldehydes is 1. The van der Waals surface area contributed by atoms with Crippen LogP contribution in [0.1, 0.15) is 26.7 Å². The molecule has 2 N–H and O–H groups in total. The first-order valence-electron chi connectivity index (χ1n) is 5.07. The van der Waals surface area contributed by atoms with Gasteiger partial charge in [0.2, 0.25) is 5.91 Å². The van der Waals surface area contributed by atoms with Gasteiger partial charge in [-0.25, -0.2) is 0 Å². The van der Waals surface area contributed by atoms with Crippen LogP contribution in [-0.2, 0) is 9.59 Å². The van der Waals surface area contributed by atoms with Crippen molar-refractivity contribution in [1.82, 2.24) is 4.90 Å². The van der Waals surface area contributed by atoms with Crippen molar-refractivity contribution < 1.29 is 9.59 Å². The second-order valence-corrected chi connectivity index (χ2v) is 4.14. The van der Waals surface area contributed by atoms with Crippen LogP contribution in [0.5, 0.6) is 0 Å². The number of nitrogens with two attached hydrogens (primary N) is 1. The number of amides is 1. The maximum atomic E-state index is 11.6. The summed E-state index contributed by atoms with van der Waals surface area (Å²) in [6.07, 6.45) is 2.00. The molecule has 1 amide bonds. The molecule has 1 fully saturated rings. The van der Waals surface area contributed by atoms with Crippen molar-refractivity contribution in [3.05, 3.63) is 0 Å². The fourth-order valence-corrected chi connectivity index (χ4v) is 1.91. The van der Waals surface area contributed by atoms with Crippen LogP contribution in [0.2, 0.25) is 0 Å². The molecule has 1 aliphatic heterocycles. The van der Waals surface area contributed by atoms with Crippen molar-refractivity contribution in [2.75, 3.05) is 6.54 Å². The molecule has 0 saturated carbocycles. The van der Waals surface area contributed by atoms with Crippen LogP contribution in [0.3, 0.4) is 0 Å². The molecule has 4 nitrogen and oxygen atoms in total. The second-order valence-electron chi connectivity index (χ2n) is 4.14. The van der Waals surface area contributed by atoms with E-state index < -0.39 is 0 Å². The maximum Gasteiger partial charge on any atom is 0.239 e. The molecule has 14 heavy (non-hydrogen) atoms. The van der Waals surface area contributed by atoms with Gasteiger partial charge in [-0.2, -0.15) is 0 Å². The third-order valence-corrected chi connectivity index (χ3v) is 2.79. The summed E-state index contributed by atoms with van der Waals surface area (Å²) >= 11 is 0. The molecule has 1 rings (SSSR count). The first kappa shape index (κ1) is 11.2. The molecular weight excluding hydrogens is 180 g/mol. The summed E-state index contributed by atoms with van der Waals surface area (Å²) in [6, 6.07) is -0.337. The molecule has 1 saturated heterocycles. The van der Waals surface area contributed by atoms with Gasteiger partial charge in [0.1, 0.15) is 6.29 Å². The van der Waals surface area contributed by atoms with Crippen molar-refractivity contribution in [1.29, 1.82) is 0 Å². The van der Waals surface area contributed by atoms with Gasteiger partial charge >= 0.3 is 0 Å². The van der Waals surface area contributed by atoms with Gasteiger partial charge in [0.25, 0.3) is 0 Å². The summed E-state index contributed by atoms with van der Waals surface area (Å²) in [7, 11) is 0. The fourth-order valence-electron chi connectivity index (χ4n) is 1.91. The van der Waals surface area contributed by atoms with Gasteiger partial charge in [0.15, 0.2) is 0 Å². The molecule has 0 aromatic carbocycles. The van der Waals surface area contributed by atoms with E-state index in [4.69, 9.17) is 5.73 Å². The van der Waals surface area contributed by atoms with Gasteiger partial charge in [-0.15, -0.1) is 0 Å². The van der Waals surface area contributed by atoms with Crippen molar-refractivity contribution in [3.8, 4) is 0 Å². The molecule has 0 spiro atoms. The summed E-state index contributed by atoms with van der Waals surface area (Å²) in [5.74, 6) is 0.292. The summed E-state index contributed by atoms with van der Waals surface area (Å²) in [5, 5.41) is 0. The Morgan fingerprint density at radius 2 is 2.29 bits per heavy atom. The molecule has 0 aromatic rings. The minimum atomic E-state index is -0.358. The molecule has 0 aliphatic carbocycles. The Morgan fingerprint density at radius 3 is 2.64 bits per heavy atom. The summed E-state index contributed by atoms with van der Waals surface area (Å²) in [5.41, 5.74) is 5.62. The Labute approximate surface area is 84.4 Å². The Hall–Kier alpha value is -0.900. The first-order valence-corrected chi connectivity index (χ1v) is 5.07. The van der Waals surface area contributed by atoms with Crippen molar-refractivity contribution in [3.63, 3.8) is 0 Å². The van der Waals surface area contributed by atoms with E-state index in [1.807, 2.05) is 13.8 Å². The number of carbonyl (C=O) groups is 2. The average Bonchev–Trinajstić information content (AvgIpc) is 2.44. The SMILES string of the molecule is CC(C)C(CC=O)N1CC[C@H](N)C1=O. The minimum Gasteiger partial charge on any atom is -0.338 e. The molecule has 0 aromatic heterocycles. The summed E-state index contributed by atoms with van der Waals surface area (Å²) < 4.78 is 0. The topological polar surface area (TPSA) is 63.4 Å². The number of hydrogen-bond acceptors (Lipinski definition) is 3. The highest BCUT2D eigenvalue weighted by Gasteiger charge is 2.34. The lowest BCUT2D eigenvalue weighted by Crippen LogP contribution is -2.43. The molecule has 1 heterocycles. The van der Waals surface area contributed by atoms with E-state index in [1.165, 1.54) is 0 Å². The third kappa shape index (κ3) is 2.12. The summed E-state index contributed by atoms with van der Waals surface area (Å²) in [4.78, 5) is 23.9. The number of hydrogen-bond donors (Lipinski definition) is 1. The van der Waals surface area contributed by atoms with E-state index in [-0.39, 0.29) is 18.0 Å². The Bertz CT molecular complexity index is 228. The normalized spacial score (nSPS) is 24.4. The zero-order valence-corrected chi connectivity index (χ0v) is 8.77. The zero-order chi connectivity index (χ0) is 10.7. The monoisotopic (exact) mass is 198 g/mol. The Morgan fingerprint density at radius 1 is 1.64 bits per heavy atom. The lowest BCUT2D eigenvalue weighted by molar-refractivity contribution is -0.132. The lowest BCUT2D eigenvalue weighted by atomic mass is 10.00. The molecule has 2 atom stereocenters. The molecule has 4 heteroatoms. The number of carbonyl (C=O) groups excluding carboxylic acids is 2. The first-order chi connectivity index (χ1) is 6.57. The van der Waals surface area contributed by atoms with Gasteiger partial charge in [0.05, 0.1) is 6.04 Å². The smallest absolute Gasteiger partial charge is 0.239 e. The van der Waals surface area contributed by atoms with Crippen LogP contribution in [0.15, 0.2) is 0 Å². The van der Waals surface area contributed by atoms with Crippen molar-refractivity contribution in [2.24, 2.45) is 11.7 Å². The highest BCUT2D eigenvalue weighted by Crippen LogP contribution is 2.20. The number of nitrogens with zero attached hydrogens (tertiary/aromatic N) is 1. The lowest BCUT2D eigenvalue weighted by Gasteiger charge is -2.29. The standard InChI is InChI=1S/C10H18N2O2/c1-7(2)9(4-6-13)12-5-3-8(11)10(12)14/h6-9H,3-5,11H2,1-2H3/t8-,9?/m0/s1. The molecule has 1 unspecified atom stereocenters. The Balaban J connectivity index is 2.69. The van der Waals surface area contributed by atoms with Gasteiger partial charge in [-0.3, -0.25) is 4.79 Å². The van der Waals surface area contributed by atoms with E-state index >= 15 is 0 Å². The predicted octanol–water partition coefficient (Wildman–Crippen LogP) is 0.160. The van der Waals surface area contributed by atoms with Gasteiger partial charge in [0, 0.05) is 19.0 Å². The quantitative estimate of drug-likeness (QED) is 0.654. The van der Waals surface area contributed by atoms with Crippen LogP contribution < -0.4 is 5.73 Å². The van der Waals surface area contributed by atoms with Crippen LogP contribution >= 0.6 is 0 Å². The highest BCUT2D eigenvalue weighted by molar-refractivity contribution is 5.84. The average molecular weight is 198 g/mol. The predicted molar refractivity (Wildman–Crippen MR) is 53.6 cm³/mol. The fraction of sp³-hybridized carbons (Fsp3) is 0.800. The van der Waals surface area contributed by atoms with Gasteiger partial charge < -0.3 is 15.4 Å². The largest absolute Gasteiger partial charge is 0.338 e. The van der Waals surface area contributed by atoms with E-state index in [0.29, 0.717) is 25.3 Å². The Kier molecular flexibility index (Phi) is 3.63. The van der Waals surface area contributed by atoms with Crippen LogP contribution in [0, 0.1) is 5.92 Å². The maximum absolute atomic E-state index is 11.6. The zero-order valence-electron chi connectivity index (χ0n) is 8.77. The van der Waals surface area contributed by atoms with Crippen LogP contribution in [0.4, 0.5) is 0 Å². The third-order valence-electron chi connectivity index (χ3n) is 2.79. The second kappa shape index (κ2) is 4.55. The highest BCUT2D eigenvalue weighted by atomic mass is 16.2. The molecular formula is C10H18N2O2. The van der Waals surface area contributed by atoms with Gasteiger partial charge in [-0.05, 0) is 12.3 Å². The minimum absolute atomic E-state index is 0.00875. The van der Waals surface area contributed by atoms with E-state index in [1.54, 1.807) is 4.90 Å². The van der Waals surface area contributed by atoms with E-state index in [9.17, 15) is 9.59 Å². The number of rotatable bonds is 4.